The minimum absolute atomic E-state index is 0.451. The number of benzene rings is 1. The standard InChI is InChI=1S/C14H22N2O2/c1-4-7-11(5-2)15-12-8-6-9-13(10-12)16-14(17)18-3/h6,8-11,15H,4-5,7H2,1-3H3,(H,16,17). The van der Waals surface area contributed by atoms with Gasteiger partial charge in [-0.15, -0.1) is 0 Å². The smallest absolute Gasteiger partial charge is 0.411 e. The molecule has 1 rings (SSSR count). The van der Waals surface area contributed by atoms with Gasteiger partial charge in [-0.05, 0) is 31.0 Å². The fourth-order valence-corrected chi connectivity index (χ4v) is 1.82. The van der Waals surface area contributed by atoms with Crippen molar-refractivity contribution >= 4 is 17.5 Å². The number of hydrogen-bond acceptors (Lipinski definition) is 3. The molecule has 0 fully saturated rings. The normalized spacial score (nSPS) is 11.7. The van der Waals surface area contributed by atoms with Gasteiger partial charge in [-0.3, -0.25) is 5.32 Å². The first-order chi connectivity index (χ1) is 8.69. The Morgan fingerprint density at radius 1 is 1.33 bits per heavy atom. The van der Waals surface area contributed by atoms with Crippen LogP contribution >= 0.6 is 0 Å². The van der Waals surface area contributed by atoms with Crippen molar-refractivity contribution in [1.82, 2.24) is 0 Å². The van der Waals surface area contributed by atoms with Gasteiger partial charge in [-0.1, -0.05) is 26.3 Å². The number of hydrogen-bond donors (Lipinski definition) is 2. The average Bonchev–Trinajstić information content (AvgIpc) is 2.38. The Kier molecular flexibility index (Phi) is 6.05. The number of anilines is 2. The molecule has 0 saturated heterocycles. The van der Waals surface area contributed by atoms with Crippen molar-refractivity contribution in [3.63, 3.8) is 0 Å². The van der Waals surface area contributed by atoms with Crippen LogP contribution in [0.3, 0.4) is 0 Å². The van der Waals surface area contributed by atoms with Crippen LogP contribution in [0.25, 0.3) is 0 Å². The number of methoxy groups -OCH3 is 1. The minimum Gasteiger partial charge on any atom is -0.453 e. The monoisotopic (exact) mass is 250 g/mol. The summed E-state index contributed by atoms with van der Waals surface area (Å²) in [6, 6.07) is 8.13. The van der Waals surface area contributed by atoms with E-state index in [9.17, 15) is 4.79 Å². The summed E-state index contributed by atoms with van der Waals surface area (Å²) in [7, 11) is 1.35. The van der Waals surface area contributed by atoms with Gasteiger partial charge in [0.05, 0.1) is 7.11 Å². The number of ether oxygens (including phenoxy) is 1. The third-order valence-electron chi connectivity index (χ3n) is 2.80. The summed E-state index contributed by atoms with van der Waals surface area (Å²) in [6.45, 7) is 4.35. The molecule has 18 heavy (non-hydrogen) atoms. The Bertz CT molecular complexity index is 380. The Balaban J connectivity index is 2.66. The topological polar surface area (TPSA) is 50.4 Å². The summed E-state index contributed by atoms with van der Waals surface area (Å²) in [5.41, 5.74) is 1.75. The molecule has 4 nitrogen and oxygen atoms in total. The van der Waals surface area contributed by atoms with Crippen LogP contribution in [-0.2, 0) is 4.74 Å². The van der Waals surface area contributed by atoms with Crippen LogP contribution in [0.15, 0.2) is 24.3 Å². The highest BCUT2D eigenvalue weighted by Crippen LogP contribution is 2.18. The van der Waals surface area contributed by atoms with Crippen molar-refractivity contribution < 1.29 is 9.53 Å². The maximum absolute atomic E-state index is 11.1. The highest BCUT2D eigenvalue weighted by Gasteiger charge is 2.06. The highest BCUT2D eigenvalue weighted by molar-refractivity contribution is 5.85. The van der Waals surface area contributed by atoms with E-state index < -0.39 is 6.09 Å². The zero-order valence-electron chi connectivity index (χ0n) is 11.3. The second-order valence-corrected chi connectivity index (χ2v) is 4.24. The zero-order chi connectivity index (χ0) is 13.4. The largest absolute Gasteiger partial charge is 0.453 e. The SMILES string of the molecule is CCCC(CC)Nc1cccc(NC(=O)OC)c1. The van der Waals surface area contributed by atoms with Crippen LogP contribution < -0.4 is 10.6 Å². The van der Waals surface area contributed by atoms with Crippen molar-refractivity contribution in [3.8, 4) is 0 Å². The fourth-order valence-electron chi connectivity index (χ4n) is 1.82. The van der Waals surface area contributed by atoms with E-state index in [1.807, 2.05) is 24.3 Å². The molecule has 1 unspecified atom stereocenters. The van der Waals surface area contributed by atoms with E-state index in [0.717, 1.165) is 30.6 Å². The predicted molar refractivity (Wildman–Crippen MR) is 75.1 cm³/mol. The van der Waals surface area contributed by atoms with Crippen molar-refractivity contribution in [2.24, 2.45) is 0 Å². The van der Waals surface area contributed by atoms with E-state index in [2.05, 4.69) is 29.2 Å². The molecule has 1 atom stereocenters. The van der Waals surface area contributed by atoms with E-state index in [1.54, 1.807) is 0 Å². The molecule has 1 aromatic rings. The van der Waals surface area contributed by atoms with E-state index >= 15 is 0 Å². The molecule has 2 N–H and O–H groups in total. The minimum atomic E-state index is -0.451. The van der Waals surface area contributed by atoms with Gasteiger partial charge in [-0.25, -0.2) is 4.79 Å². The second kappa shape index (κ2) is 7.58. The van der Waals surface area contributed by atoms with E-state index in [0.29, 0.717) is 6.04 Å². The lowest BCUT2D eigenvalue weighted by molar-refractivity contribution is 0.187. The molecule has 0 aromatic heterocycles. The number of nitrogens with one attached hydrogen (secondary N) is 2. The van der Waals surface area contributed by atoms with Gasteiger partial charge in [0.25, 0.3) is 0 Å². The van der Waals surface area contributed by atoms with Crippen molar-refractivity contribution in [3.05, 3.63) is 24.3 Å². The number of rotatable bonds is 6. The molecular weight excluding hydrogens is 228 g/mol. The quantitative estimate of drug-likeness (QED) is 0.806. The number of carbonyl (C=O) groups excluding carboxylic acids is 1. The van der Waals surface area contributed by atoms with Crippen molar-refractivity contribution in [2.45, 2.75) is 39.2 Å². The number of amides is 1. The van der Waals surface area contributed by atoms with Crippen LogP contribution in [0.2, 0.25) is 0 Å². The summed E-state index contributed by atoms with van der Waals surface area (Å²) in [4.78, 5) is 11.1. The Labute approximate surface area is 109 Å². The molecule has 100 valence electrons. The van der Waals surface area contributed by atoms with E-state index in [-0.39, 0.29) is 0 Å². The van der Waals surface area contributed by atoms with Crippen LogP contribution in [0.1, 0.15) is 33.1 Å². The van der Waals surface area contributed by atoms with Gasteiger partial charge in [0.1, 0.15) is 0 Å². The summed E-state index contributed by atoms with van der Waals surface area (Å²) < 4.78 is 4.56. The average molecular weight is 250 g/mol. The Morgan fingerprint density at radius 2 is 2.06 bits per heavy atom. The summed E-state index contributed by atoms with van der Waals surface area (Å²) in [6.07, 6.45) is 2.94. The molecular formula is C14H22N2O2. The molecule has 0 radical (unpaired) electrons. The molecule has 1 aromatic carbocycles. The predicted octanol–water partition coefficient (Wildman–Crippen LogP) is 3.86. The van der Waals surface area contributed by atoms with E-state index in [1.165, 1.54) is 7.11 Å². The molecule has 0 bridgehead atoms. The maximum atomic E-state index is 11.1. The van der Waals surface area contributed by atoms with Crippen molar-refractivity contribution in [2.75, 3.05) is 17.7 Å². The van der Waals surface area contributed by atoms with Gasteiger partial charge >= 0.3 is 6.09 Å². The molecule has 0 spiro atoms. The van der Waals surface area contributed by atoms with Crippen LogP contribution in [0.4, 0.5) is 16.2 Å². The van der Waals surface area contributed by atoms with E-state index in [4.69, 9.17) is 0 Å². The van der Waals surface area contributed by atoms with Gasteiger partial charge in [0, 0.05) is 17.4 Å². The third-order valence-corrected chi connectivity index (χ3v) is 2.80. The first kappa shape index (κ1) is 14.4. The second-order valence-electron chi connectivity index (χ2n) is 4.24. The lowest BCUT2D eigenvalue weighted by Gasteiger charge is -2.18. The lowest BCUT2D eigenvalue weighted by atomic mass is 10.1. The Hall–Kier alpha value is -1.71. The molecule has 0 heterocycles. The van der Waals surface area contributed by atoms with Crippen LogP contribution in [0.5, 0.6) is 0 Å². The zero-order valence-corrected chi connectivity index (χ0v) is 11.3. The number of carbonyl (C=O) groups is 1. The van der Waals surface area contributed by atoms with Gasteiger partial charge in [0.15, 0.2) is 0 Å². The molecule has 0 saturated carbocycles. The van der Waals surface area contributed by atoms with Gasteiger partial charge in [-0.2, -0.15) is 0 Å². The third kappa shape index (κ3) is 4.65. The van der Waals surface area contributed by atoms with Gasteiger partial charge < -0.3 is 10.1 Å². The molecule has 1 amide bonds. The van der Waals surface area contributed by atoms with Crippen molar-refractivity contribution in [1.29, 1.82) is 0 Å². The molecule has 4 heteroatoms. The molecule has 0 aliphatic carbocycles. The van der Waals surface area contributed by atoms with Crippen LogP contribution in [0, 0.1) is 0 Å². The van der Waals surface area contributed by atoms with Gasteiger partial charge in [0.2, 0.25) is 0 Å². The maximum Gasteiger partial charge on any atom is 0.411 e. The summed E-state index contributed by atoms with van der Waals surface area (Å²) in [5, 5.41) is 6.12. The highest BCUT2D eigenvalue weighted by atomic mass is 16.5. The molecule has 0 aliphatic rings. The Morgan fingerprint density at radius 3 is 2.67 bits per heavy atom. The van der Waals surface area contributed by atoms with Crippen LogP contribution in [-0.4, -0.2) is 19.2 Å². The summed E-state index contributed by atoms with van der Waals surface area (Å²) >= 11 is 0. The summed E-state index contributed by atoms with van der Waals surface area (Å²) in [5.74, 6) is 0. The first-order valence-corrected chi connectivity index (χ1v) is 6.41. The molecule has 0 aliphatic heterocycles. The fraction of sp³-hybridized carbons (Fsp3) is 0.500. The lowest BCUT2D eigenvalue weighted by Crippen LogP contribution is -2.18. The first-order valence-electron chi connectivity index (χ1n) is 6.41.